The molecule has 1 aromatic carbocycles. The number of ether oxygens (including phenoxy) is 1. The van der Waals surface area contributed by atoms with Crippen LogP contribution in [-0.2, 0) is 6.42 Å². The molecule has 2 nitrogen and oxygen atoms in total. The predicted molar refractivity (Wildman–Crippen MR) is 74.8 cm³/mol. The van der Waals surface area contributed by atoms with Gasteiger partial charge in [0, 0.05) is 6.04 Å². The van der Waals surface area contributed by atoms with E-state index in [2.05, 4.69) is 18.2 Å². The van der Waals surface area contributed by atoms with Gasteiger partial charge in [-0.3, -0.25) is 0 Å². The van der Waals surface area contributed by atoms with E-state index < -0.39 is 0 Å². The lowest BCUT2D eigenvalue weighted by Crippen LogP contribution is -2.23. The normalized spacial score (nSPS) is 18.9. The number of hydrogen-bond acceptors (Lipinski definition) is 3. The van der Waals surface area contributed by atoms with E-state index in [9.17, 15) is 0 Å². The monoisotopic (exact) mass is 251 g/mol. The largest absolute Gasteiger partial charge is 0.490 e. The van der Waals surface area contributed by atoms with Gasteiger partial charge in [-0.15, -0.1) is 0 Å². The summed E-state index contributed by atoms with van der Waals surface area (Å²) in [4.78, 5) is 0. The van der Waals surface area contributed by atoms with Crippen LogP contribution in [0.15, 0.2) is 24.3 Å². The van der Waals surface area contributed by atoms with Gasteiger partial charge in [-0.05, 0) is 49.3 Å². The van der Waals surface area contributed by atoms with Crippen molar-refractivity contribution in [1.29, 1.82) is 0 Å². The molecule has 94 valence electrons. The van der Waals surface area contributed by atoms with E-state index in [0.29, 0.717) is 6.10 Å². The van der Waals surface area contributed by atoms with E-state index >= 15 is 0 Å². The second-order valence-corrected chi connectivity index (χ2v) is 5.94. The van der Waals surface area contributed by atoms with Crippen molar-refractivity contribution in [1.82, 2.24) is 0 Å². The fourth-order valence-electron chi connectivity index (χ4n) is 2.11. The zero-order valence-corrected chi connectivity index (χ0v) is 11.2. The SMILES string of the molecule is CC(N)Cc1ccccc1OC1CCSCC1. The molecule has 1 saturated heterocycles. The van der Waals surface area contributed by atoms with Crippen LogP contribution < -0.4 is 10.5 Å². The Morgan fingerprint density at radius 1 is 1.35 bits per heavy atom. The predicted octanol–water partition coefficient (Wildman–Crippen LogP) is 2.85. The molecule has 3 heteroatoms. The molecule has 1 heterocycles. The number of benzene rings is 1. The summed E-state index contributed by atoms with van der Waals surface area (Å²) in [6, 6.07) is 8.47. The first-order valence-corrected chi connectivity index (χ1v) is 7.49. The summed E-state index contributed by atoms with van der Waals surface area (Å²) in [5.74, 6) is 3.47. The maximum absolute atomic E-state index is 6.12. The van der Waals surface area contributed by atoms with Crippen LogP contribution in [0, 0.1) is 0 Å². The standard InChI is InChI=1S/C14H21NOS/c1-11(15)10-12-4-2-3-5-14(12)16-13-6-8-17-9-7-13/h2-5,11,13H,6-10,15H2,1H3. The van der Waals surface area contributed by atoms with Crippen molar-refractivity contribution in [3.8, 4) is 5.75 Å². The van der Waals surface area contributed by atoms with E-state index in [0.717, 1.165) is 25.0 Å². The quantitative estimate of drug-likeness (QED) is 0.893. The van der Waals surface area contributed by atoms with Gasteiger partial charge < -0.3 is 10.5 Å². The van der Waals surface area contributed by atoms with Crippen molar-refractivity contribution in [2.45, 2.75) is 38.3 Å². The minimum Gasteiger partial charge on any atom is -0.490 e. The minimum atomic E-state index is 0.182. The number of nitrogens with two attached hydrogens (primary N) is 1. The van der Waals surface area contributed by atoms with Crippen molar-refractivity contribution < 1.29 is 4.74 Å². The smallest absolute Gasteiger partial charge is 0.122 e. The maximum atomic E-state index is 6.12. The van der Waals surface area contributed by atoms with E-state index in [-0.39, 0.29) is 6.04 Å². The molecule has 1 fully saturated rings. The number of thioether (sulfide) groups is 1. The Kier molecular flexibility index (Phi) is 4.75. The molecule has 1 unspecified atom stereocenters. The van der Waals surface area contributed by atoms with Crippen LogP contribution in [0.4, 0.5) is 0 Å². The van der Waals surface area contributed by atoms with Gasteiger partial charge in [0.1, 0.15) is 11.9 Å². The van der Waals surface area contributed by atoms with E-state index in [1.807, 2.05) is 24.8 Å². The lowest BCUT2D eigenvalue weighted by Gasteiger charge is -2.24. The third kappa shape index (κ3) is 3.93. The van der Waals surface area contributed by atoms with Crippen LogP contribution in [-0.4, -0.2) is 23.7 Å². The zero-order valence-electron chi connectivity index (χ0n) is 10.4. The van der Waals surface area contributed by atoms with Crippen molar-refractivity contribution in [2.24, 2.45) is 5.73 Å². The van der Waals surface area contributed by atoms with E-state index in [1.54, 1.807) is 0 Å². The average Bonchev–Trinajstić information content (AvgIpc) is 2.32. The molecule has 1 aliphatic rings. The molecular formula is C14H21NOS. The molecule has 0 aliphatic carbocycles. The molecule has 0 saturated carbocycles. The van der Waals surface area contributed by atoms with Crippen molar-refractivity contribution in [3.63, 3.8) is 0 Å². The molecule has 0 radical (unpaired) electrons. The Balaban J connectivity index is 2.03. The molecule has 2 rings (SSSR count). The molecule has 0 aromatic heterocycles. The summed E-state index contributed by atoms with van der Waals surface area (Å²) < 4.78 is 6.12. The molecule has 0 amide bonds. The highest BCUT2D eigenvalue weighted by Gasteiger charge is 2.16. The first-order chi connectivity index (χ1) is 8.25. The number of hydrogen-bond donors (Lipinski definition) is 1. The third-order valence-corrected chi connectivity index (χ3v) is 4.03. The molecular weight excluding hydrogens is 230 g/mol. The summed E-state index contributed by atoms with van der Waals surface area (Å²) in [6.45, 7) is 2.04. The van der Waals surface area contributed by atoms with Gasteiger partial charge in [0.15, 0.2) is 0 Å². The molecule has 17 heavy (non-hydrogen) atoms. The molecule has 0 bridgehead atoms. The lowest BCUT2D eigenvalue weighted by molar-refractivity contribution is 0.190. The molecule has 1 aliphatic heterocycles. The van der Waals surface area contributed by atoms with Gasteiger partial charge >= 0.3 is 0 Å². The first kappa shape index (κ1) is 12.8. The fraction of sp³-hybridized carbons (Fsp3) is 0.571. The summed E-state index contributed by atoms with van der Waals surface area (Å²) in [5.41, 5.74) is 7.10. The molecule has 2 N–H and O–H groups in total. The van der Waals surface area contributed by atoms with Crippen molar-refractivity contribution in [3.05, 3.63) is 29.8 Å². The minimum absolute atomic E-state index is 0.182. The van der Waals surface area contributed by atoms with Gasteiger partial charge in [-0.1, -0.05) is 18.2 Å². The highest BCUT2D eigenvalue weighted by molar-refractivity contribution is 7.99. The highest BCUT2D eigenvalue weighted by Crippen LogP contribution is 2.25. The Bertz CT molecular complexity index is 348. The number of rotatable bonds is 4. The van der Waals surface area contributed by atoms with Gasteiger partial charge in [0.25, 0.3) is 0 Å². The summed E-state index contributed by atoms with van der Waals surface area (Å²) >= 11 is 2.02. The van der Waals surface area contributed by atoms with Gasteiger partial charge in [-0.2, -0.15) is 11.8 Å². The van der Waals surface area contributed by atoms with E-state index in [1.165, 1.54) is 17.1 Å². The van der Waals surface area contributed by atoms with Crippen molar-refractivity contribution >= 4 is 11.8 Å². The molecule has 1 atom stereocenters. The van der Waals surface area contributed by atoms with Crippen molar-refractivity contribution in [2.75, 3.05) is 11.5 Å². The maximum Gasteiger partial charge on any atom is 0.122 e. The summed E-state index contributed by atoms with van der Waals surface area (Å²) in [5, 5.41) is 0. The Hall–Kier alpha value is -0.670. The van der Waals surface area contributed by atoms with Gasteiger partial charge in [0.05, 0.1) is 0 Å². The van der Waals surface area contributed by atoms with Crippen LogP contribution in [0.25, 0.3) is 0 Å². The average molecular weight is 251 g/mol. The van der Waals surface area contributed by atoms with Crippen LogP contribution in [0.3, 0.4) is 0 Å². The summed E-state index contributed by atoms with van der Waals surface area (Å²) in [6.07, 6.45) is 3.61. The zero-order chi connectivity index (χ0) is 12.1. The lowest BCUT2D eigenvalue weighted by atomic mass is 10.1. The third-order valence-electron chi connectivity index (χ3n) is 2.98. The Morgan fingerprint density at radius 3 is 2.76 bits per heavy atom. The fourth-order valence-corrected chi connectivity index (χ4v) is 3.17. The van der Waals surface area contributed by atoms with Crippen LogP contribution in [0.5, 0.6) is 5.75 Å². The Morgan fingerprint density at radius 2 is 2.06 bits per heavy atom. The Labute approximate surface area is 108 Å². The first-order valence-electron chi connectivity index (χ1n) is 6.33. The van der Waals surface area contributed by atoms with Crippen LogP contribution >= 0.6 is 11.8 Å². The molecule has 1 aromatic rings. The van der Waals surface area contributed by atoms with Crippen LogP contribution in [0.2, 0.25) is 0 Å². The highest BCUT2D eigenvalue weighted by atomic mass is 32.2. The molecule has 0 spiro atoms. The topological polar surface area (TPSA) is 35.2 Å². The second kappa shape index (κ2) is 6.31. The summed E-state index contributed by atoms with van der Waals surface area (Å²) in [7, 11) is 0. The van der Waals surface area contributed by atoms with Gasteiger partial charge in [-0.25, -0.2) is 0 Å². The second-order valence-electron chi connectivity index (χ2n) is 4.72. The number of para-hydroxylation sites is 1. The van der Waals surface area contributed by atoms with Crippen LogP contribution in [0.1, 0.15) is 25.3 Å². The van der Waals surface area contributed by atoms with E-state index in [4.69, 9.17) is 10.5 Å². The van der Waals surface area contributed by atoms with Gasteiger partial charge in [0.2, 0.25) is 0 Å².